The normalized spacial score (nSPS) is 22.7. The van der Waals surface area contributed by atoms with E-state index in [1.54, 1.807) is 0 Å². The first-order valence-corrected chi connectivity index (χ1v) is 9.54. The zero-order valence-corrected chi connectivity index (χ0v) is 15.3. The number of carbonyl (C=O) groups excluding carboxylic acids is 1. The Balaban J connectivity index is 1.66. The molecule has 26 heavy (non-hydrogen) atoms. The van der Waals surface area contributed by atoms with Gasteiger partial charge in [-0.05, 0) is 43.5 Å². The van der Waals surface area contributed by atoms with E-state index >= 15 is 0 Å². The molecular weight excluding hydrogens is 324 g/mol. The molecular formula is C22H26N2O2. The lowest BCUT2D eigenvalue weighted by Crippen LogP contribution is -2.55. The molecule has 4 rings (SSSR count). The van der Waals surface area contributed by atoms with Crippen LogP contribution in [0.15, 0.2) is 48.5 Å². The van der Waals surface area contributed by atoms with Gasteiger partial charge in [-0.3, -0.25) is 9.69 Å². The Hall–Kier alpha value is -2.33. The molecule has 0 aromatic heterocycles. The minimum Gasteiger partial charge on any atom is -0.494 e. The van der Waals surface area contributed by atoms with Crippen molar-refractivity contribution < 1.29 is 9.53 Å². The number of likely N-dealkylation sites (tertiary alicyclic amines) is 1. The van der Waals surface area contributed by atoms with Gasteiger partial charge in [-0.15, -0.1) is 0 Å². The Labute approximate surface area is 155 Å². The Bertz CT molecular complexity index is 804. The van der Waals surface area contributed by atoms with Gasteiger partial charge in [-0.25, -0.2) is 0 Å². The molecule has 2 heterocycles. The van der Waals surface area contributed by atoms with Crippen molar-refractivity contribution in [3.63, 3.8) is 0 Å². The molecule has 2 aliphatic rings. The van der Waals surface area contributed by atoms with Crippen molar-refractivity contribution in [3.05, 3.63) is 65.2 Å². The predicted molar refractivity (Wildman–Crippen MR) is 102 cm³/mol. The van der Waals surface area contributed by atoms with E-state index in [2.05, 4.69) is 34.5 Å². The van der Waals surface area contributed by atoms with Crippen LogP contribution in [0.4, 0.5) is 0 Å². The number of nitrogens with one attached hydrogen (secondary N) is 1. The maximum absolute atomic E-state index is 13.1. The molecule has 1 atom stereocenters. The van der Waals surface area contributed by atoms with Crippen LogP contribution in [0, 0.1) is 0 Å². The van der Waals surface area contributed by atoms with Gasteiger partial charge in [-0.1, -0.05) is 42.5 Å². The topological polar surface area (TPSA) is 41.6 Å². The molecule has 1 spiro atoms. The lowest BCUT2D eigenvalue weighted by Gasteiger charge is -2.36. The highest BCUT2D eigenvalue weighted by Crippen LogP contribution is 2.37. The van der Waals surface area contributed by atoms with Crippen molar-refractivity contribution in [2.24, 2.45) is 0 Å². The average molecular weight is 350 g/mol. The molecule has 1 fully saturated rings. The molecule has 0 saturated carbocycles. The number of amides is 1. The van der Waals surface area contributed by atoms with Crippen molar-refractivity contribution in [3.8, 4) is 5.75 Å². The van der Waals surface area contributed by atoms with Gasteiger partial charge in [0, 0.05) is 25.1 Å². The maximum atomic E-state index is 13.1. The molecule has 1 N–H and O–H groups in total. The number of benzene rings is 2. The van der Waals surface area contributed by atoms with Crippen LogP contribution in [0.1, 0.15) is 36.5 Å². The van der Waals surface area contributed by atoms with Crippen molar-refractivity contribution in [2.45, 2.75) is 44.8 Å². The summed E-state index contributed by atoms with van der Waals surface area (Å²) in [5, 5.41) is 3.18. The molecule has 0 bridgehead atoms. The van der Waals surface area contributed by atoms with E-state index in [0.717, 1.165) is 43.7 Å². The van der Waals surface area contributed by atoms with Gasteiger partial charge in [0.15, 0.2) is 0 Å². The van der Waals surface area contributed by atoms with Crippen LogP contribution < -0.4 is 10.1 Å². The Morgan fingerprint density at radius 3 is 2.73 bits per heavy atom. The summed E-state index contributed by atoms with van der Waals surface area (Å²) in [5.41, 5.74) is 3.22. The number of para-hydroxylation sites is 1. The first-order valence-electron chi connectivity index (χ1n) is 9.54. The Kier molecular flexibility index (Phi) is 4.68. The molecule has 2 aromatic carbocycles. The number of fused-ring (bicyclic) bond motifs is 1. The third-order valence-corrected chi connectivity index (χ3v) is 5.72. The lowest BCUT2D eigenvalue weighted by molar-refractivity contribution is -0.132. The first-order chi connectivity index (χ1) is 12.7. The minimum atomic E-state index is -0.452. The fourth-order valence-electron chi connectivity index (χ4n) is 4.40. The van der Waals surface area contributed by atoms with Crippen molar-refractivity contribution in [2.75, 3.05) is 13.2 Å². The summed E-state index contributed by atoms with van der Waals surface area (Å²) >= 11 is 0. The zero-order chi connectivity index (χ0) is 18.0. The van der Waals surface area contributed by atoms with Crippen LogP contribution in [-0.4, -0.2) is 29.5 Å². The second-order valence-electron chi connectivity index (χ2n) is 7.23. The van der Waals surface area contributed by atoms with Gasteiger partial charge >= 0.3 is 0 Å². The molecule has 1 saturated heterocycles. The molecule has 2 aromatic rings. The Morgan fingerprint density at radius 2 is 1.88 bits per heavy atom. The molecule has 2 aliphatic heterocycles. The second-order valence-corrected chi connectivity index (χ2v) is 7.23. The number of carbonyl (C=O) groups is 1. The van der Waals surface area contributed by atoms with Crippen LogP contribution in [-0.2, 0) is 24.3 Å². The van der Waals surface area contributed by atoms with Gasteiger partial charge in [-0.2, -0.15) is 0 Å². The van der Waals surface area contributed by atoms with Crippen LogP contribution in [0.5, 0.6) is 5.75 Å². The van der Waals surface area contributed by atoms with Gasteiger partial charge in [0.25, 0.3) is 0 Å². The monoisotopic (exact) mass is 350 g/mol. The fraction of sp³-hybridized carbons (Fsp3) is 0.409. The summed E-state index contributed by atoms with van der Waals surface area (Å²) in [6, 6.07) is 16.6. The molecule has 1 amide bonds. The van der Waals surface area contributed by atoms with Gasteiger partial charge in [0.1, 0.15) is 11.3 Å². The van der Waals surface area contributed by atoms with Gasteiger partial charge < -0.3 is 10.1 Å². The van der Waals surface area contributed by atoms with E-state index in [-0.39, 0.29) is 5.91 Å². The largest absolute Gasteiger partial charge is 0.494 e. The standard InChI is InChI=1S/C22H26N2O2/c1-2-26-20-11-6-5-10-19(20)16-24-13-7-12-22(24)14-17-8-3-4-9-18(17)15-23-21(22)25/h3-6,8-11H,2,7,12-16H2,1H3,(H,23,25). The minimum absolute atomic E-state index is 0.167. The summed E-state index contributed by atoms with van der Waals surface area (Å²) in [7, 11) is 0. The fourth-order valence-corrected chi connectivity index (χ4v) is 4.40. The molecule has 1 unspecified atom stereocenters. The lowest BCUT2D eigenvalue weighted by atomic mass is 9.86. The van der Waals surface area contributed by atoms with Crippen LogP contribution >= 0.6 is 0 Å². The van der Waals surface area contributed by atoms with E-state index in [0.29, 0.717) is 13.2 Å². The third-order valence-electron chi connectivity index (χ3n) is 5.72. The summed E-state index contributed by atoms with van der Waals surface area (Å²) in [4.78, 5) is 15.5. The van der Waals surface area contributed by atoms with Crippen LogP contribution in [0.2, 0.25) is 0 Å². The third kappa shape index (κ3) is 2.99. The van der Waals surface area contributed by atoms with Crippen molar-refractivity contribution >= 4 is 5.91 Å². The van der Waals surface area contributed by atoms with Gasteiger partial charge in [0.2, 0.25) is 5.91 Å². The highest BCUT2D eigenvalue weighted by Gasteiger charge is 2.48. The number of hydrogen-bond acceptors (Lipinski definition) is 3. The van der Waals surface area contributed by atoms with Crippen molar-refractivity contribution in [1.82, 2.24) is 10.2 Å². The van der Waals surface area contributed by atoms with E-state index in [1.165, 1.54) is 11.1 Å². The maximum Gasteiger partial charge on any atom is 0.241 e. The number of rotatable bonds is 4. The molecule has 136 valence electrons. The quantitative estimate of drug-likeness (QED) is 0.920. The van der Waals surface area contributed by atoms with E-state index in [4.69, 9.17) is 4.74 Å². The van der Waals surface area contributed by atoms with Crippen LogP contribution in [0.3, 0.4) is 0 Å². The molecule has 4 heteroatoms. The predicted octanol–water partition coefficient (Wildman–Crippen LogP) is 3.29. The first kappa shape index (κ1) is 17.1. The average Bonchev–Trinajstić information content (AvgIpc) is 2.99. The SMILES string of the molecule is CCOc1ccccc1CN1CCCC12Cc1ccccc1CNC2=O. The molecule has 0 radical (unpaired) electrons. The molecule has 4 nitrogen and oxygen atoms in total. The highest BCUT2D eigenvalue weighted by atomic mass is 16.5. The summed E-state index contributed by atoms with van der Waals surface area (Å²) < 4.78 is 5.80. The van der Waals surface area contributed by atoms with Crippen LogP contribution in [0.25, 0.3) is 0 Å². The summed E-state index contributed by atoms with van der Waals surface area (Å²) in [6.07, 6.45) is 2.74. The van der Waals surface area contributed by atoms with Crippen molar-refractivity contribution in [1.29, 1.82) is 0 Å². The highest BCUT2D eigenvalue weighted by molar-refractivity contribution is 5.87. The van der Waals surface area contributed by atoms with E-state index in [1.807, 2.05) is 31.2 Å². The second kappa shape index (κ2) is 7.12. The zero-order valence-electron chi connectivity index (χ0n) is 15.3. The number of nitrogens with zero attached hydrogens (tertiary/aromatic N) is 1. The summed E-state index contributed by atoms with van der Waals surface area (Å²) in [6.45, 7) is 4.96. The van der Waals surface area contributed by atoms with E-state index in [9.17, 15) is 4.79 Å². The smallest absolute Gasteiger partial charge is 0.241 e. The van der Waals surface area contributed by atoms with E-state index < -0.39 is 5.54 Å². The number of hydrogen-bond donors (Lipinski definition) is 1. The molecule has 0 aliphatic carbocycles. The summed E-state index contributed by atoms with van der Waals surface area (Å²) in [5.74, 6) is 1.09. The van der Waals surface area contributed by atoms with Gasteiger partial charge in [0.05, 0.1) is 6.61 Å². The number of ether oxygens (including phenoxy) is 1. The Morgan fingerprint density at radius 1 is 1.12 bits per heavy atom.